The van der Waals surface area contributed by atoms with Gasteiger partial charge in [-0.25, -0.2) is 4.79 Å². The van der Waals surface area contributed by atoms with Crippen LogP contribution in [0.25, 0.3) is 0 Å². The van der Waals surface area contributed by atoms with Gasteiger partial charge in [0.1, 0.15) is 17.6 Å². The summed E-state index contributed by atoms with van der Waals surface area (Å²) in [4.78, 5) is 23.2. The molecule has 1 spiro atoms. The Bertz CT molecular complexity index is 767. The predicted molar refractivity (Wildman–Crippen MR) is 103 cm³/mol. The number of benzene rings is 1. The summed E-state index contributed by atoms with van der Waals surface area (Å²) >= 11 is 5.42. The fourth-order valence-electron chi connectivity index (χ4n) is 4.85. The zero-order chi connectivity index (χ0) is 20.0. The third-order valence-electron chi connectivity index (χ3n) is 6.67. The van der Waals surface area contributed by atoms with Crippen LogP contribution in [0.1, 0.15) is 38.7 Å². The molecule has 1 saturated carbocycles. The fourth-order valence-corrected chi connectivity index (χ4v) is 4.92. The van der Waals surface area contributed by atoms with Crippen molar-refractivity contribution in [1.82, 2.24) is 5.32 Å². The Kier molecular flexibility index (Phi) is 4.92. The van der Waals surface area contributed by atoms with E-state index in [1.54, 1.807) is 0 Å². The molecule has 2 aliphatic heterocycles. The van der Waals surface area contributed by atoms with Gasteiger partial charge < -0.3 is 14.2 Å². The summed E-state index contributed by atoms with van der Waals surface area (Å²) in [5.41, 5.74) is 0.438. The molecule has 3 fully saturated rings. The van der Waals surface area contributed by atoms with E-state index >= 15 is 0 Å². The topological polar surface area (TPSA) is 80.5 Å². The monoisotopic (exact) mass is 407 g/mol. The SMILES string of the molecule is CC1(Cc2ccccc2)OC1(C)[C@H]1C[C@@H](OC(=O)NC(=O)CCl)CCC12CO2. The van der Waals surface area contributed by atoms with E-state index in [1.807, 2.05) is 18.2 Å². The maximum Gasteiger partial charge on any atom is 0.414 e. The molecule has 0 aromatic heterocycles. The molecule has 1 aliphatic carbocycles. The summed E-state index contributed by atoms with van der Waals surface area (Å²) in [6, 6.07) is 10.3. The quantitative estimate of drug-likeness (QED) is 0.598. The highest BCUT2D eigenvalue weighted by Gasteiger charge is 2.74. The number of hydrogen-bond acceptors (Lipinski definition) is 5. The fraction of sp³-hybridized carbons (Fsp3) is 0.619. The van der Waals surface area contributed by atoms with E-state index in [4.69, 9.17) is 25.8 Å². The van der Waals surface area contributed by atoms with E-state index in [0.717, 1.165) is 19.4 Å². The highest BCUT2D eigenvalue weighted by molar-refractivity contribution is 6.28. The van der Waals surface area contributed by atoms with E-state index < -0.39 is 12.0 Å². The van der Waals surface area contributed by atoms with Crippen molar-refractivity contribution in [3.8, 4) is 0 Å². The number of rotatable bonds is 5. The Morgan fingerprint density at radius 3 is 2.64 bits per heavy atom. The molecule has 2 heterocycles. The van der Waals surface area contributed by atoms with Crippen LogP contribution >= 0.6 is 11.6 Å². The molecule has 3 unspecified atom stereocenters. The van der Waals surface area contributed by atoms with E-state index in [9.17, 15) is 9.59 Å². The summed E-state index contributed by atoms with van der Waals surface area (Å²) in [7, 11) is 0. The van der Waals surface area contributed by atoms with Crippen LogP contribution in [-0.4, -0.2) is 47.4 Å². The van der Waals surface area contributed by atoms with Crippen LogP contribution in [0.3, 0.4) is 0 Å². The number of carbonyl (C=O) groups is 2. The summed E-state index contributed by atoms with van der Waals surface area (Å²) in [6.45, 7) is 5.01. The molecule has 0 bridgehead atoms. The van der Waals surface area contributed by atoms with Gasteiger partial charge in [-0.15, -0.1) is 11.6 Å². The molecule has 1 N–H and O–H groups in total. The zero-order valence-electron chi connectivity index (χ0n) is 16.2. The molecule has 1 aromatic rings. The molecule has 0 radical (unpaired) electrons. The van der Waals surface area contributed by atoms with Crippen LogP contribution in [0.5, 0.6) is 0 Å². The number of nitrogens with one attached hydrogen (secondary N) is 1. The first-order valence-corrected chi connectivity index (χ1v) is 10.3. The van der Waals surface area contributed by atoms with Gasteiger partial charge in [-0.2, -0.15) is 0 Å². The average Bonchev–Trinajstić information content (AvgIpc) is 3.54. The summed E-state index contributed by atoms with van der Waals surface area (Å²) in [6.07, 6.45) is 2.00. The average molecular weight is 408 g/mol. The van der Waals surface area contributed by atoms with Crippen LogP contribution in [-0.2, 0) is 25.4 Å². The number of alkyl halides is 1. The molecular formula is C21H26ClNO5. The van der Waals surface area contributed by atoms with Crippen LogP contribution < -0.4 is 5.32 Å². The number of hydrogen-bond donors (Lipinski definition) is 1. The number of ether oxygens (including phenoxy) is 3. The molecule has 28 heavy (non-hydrogen) atoms. The first-order valence-electron chi connectivity index (χ1n) is 9.75. The van der Waals surface area contributed by atoms with Gasteiger partial charge in [-0.3, -0.25) is 10.1 Å². The molecule has 4 rings (SSSR count). The van der Waals surface area contributed by atoms with E-state index in [0.29, 0.717) is 12.8 Å². The Morgan fingerprint density at radius 2 is 2.00 bits per heavy atom. The standard InChI is InChI=1S/C21H26ClNO5/c1-19(11-14-6-4-3-5-7-14)20(2,28-19)16-10-15(8-9-21(16)13-26-21)27-18(25)23-17(24)12-22/h3-7,15-16H,8-13H2,1-2H3,(H,23,24,25)/t15-,16+,19?,20?,21?/m0/s1. The Labute approximate surface area is 169 Å². The normalized spacial score (nSPS) is 38.7. The molecule has 2 saturated heterocycles. The predicted octanol–water partition coefficient (Wildman–Crippen LogP) is 3.21. The second kappa shape index (κ2) is 7.01. The zero-order valence-corrected chi connectivity index (χ0v) is 17.0. The van der Waals surface area contributed by atoms with Crippen molar-refractivity contribution in [3.63, 3.8) is 0 Å². The summed E-state index contributed by atoms with van der Waals surface area (Å²) in [5, 5.41) is 2.14. The number of epoxide rings is 2. The summed E-state index contributed by atoms with van der Waals surface area (Å²) < 4.78 is 17.7. The minimum Gasteiger partial charge on any atom is -0.446 e. The van der Waals surface area contributed by atoms with Gasteiger partial charge >= 0.3 is 6.09 Å². The third kappa shape index (κ3) is 3.53. The van der Waals surface area contributed by atoms with E-state index in [-0.39, 0.29) is 34.7 Å². The van der Waals surface area contributed by atoms with Gasteiger partial charge in [0.15, 0.2) is 0 Å². The molecule has 5 atom stereocenters. The molecule has 7 heteroatoms. The second-order valence-electron chi connectivity index (χ2n) is 8.49. The van der Waals surface area contributed by atoms with Crippen LogP contribution in [0.2, 0.25) is 0 Å². The van der Waals surface area contributed by atoms with E-state index in [1.165, 1.54) is 5.56 Å². The van der Waals surface area contributed by atoms with Gasteiger partial charge in [0, 0.05) is 12.3 Å². The first kappa shape index (κ1) is 19.7. The highest BCUT2D eigenvalue weighted by atomic mass is 35.5. The van der Waals surface area contributed by atoms with Gasteiger partial charge in [0.2, 0.25) is 5.91 Å². The molecule has 6 nitrogen and oxygen atoms in total. The van der Waals surface area contributed by atoms with Gasteiger partial charge in [0.25, 0.3) is 0 Å². The lowest BCUT2D eigenvalue weighted by molar-refractivity contribution is -0.118. The molecule has 2 amide bonds. The minimum absolute atomic E-state index is 0.129. The lowest BCUT2D eigenvalue weighted by atomic mass is 9.67. The largest absolute Gasteiger partial charge is 0.446 e. The van der Waals surface area contributed by atoms with Gasteiger partial charge in [-0.1, -0.05) is 30.3 Å². The number of alkyl carbamates (subject to hydrolysis) is 1. The third-order valence-corrected chi connectivity index (χ3v) is 6.91. The Balaban J connectivity index is 1.44. The van der Waals surface area contributed by atoms with E-state index in [2.05, 4.69) is 31.3 Å². The second-order valence-corrected chi connectivity index (χ2v) is 8.76. The van der Waals surface area contributed by atoms with Crippen molar-refractivity contribution in [2.45, 2.75) is 62.4 Å². The van der Waals surface area contributed by atoms with Crippen molar-refractivity contribution in [2.75, 3.05) is 12.5 Å². The maximum atomic E-state index is 11.9. The number of amides is 2. The lowest BCUT2D eigenvalue weighted by Crippen LogP contribution is -2.47. The lowest BCUT2D eigenvalue weighted by Gasteiger charge is -2.37. The van der Waals surface area contributed by atoms with Crippen molar-refractivity contribution in [1.29, 1.82) is 0 Å². The Morgan fingerprint density at radius 1 is 1.29 bits per heavy atom. The molecular weight excluding hydrogens is 382 g/mol. The van der Waals surface area contributed by atoms with Crippen molar-refractivity contribution in [3.05, 3.63) is 35.9 Å². The van der Waals surface area contributed by atoms with Crippen molar-refractivity contribution < 1.29 is 23.8 Å². The van der Waals surface area contributed by atoms with Crippen LogP contribution in [0.15, 0.2) is 30.3 Å². The molecule has 3 aliphatic rings. The van der Waals surface area contributed by atoms with Crippen molar-refractivity contribution >= 4 is 23.6 Å². The first-order chi connectivity index (χ1) is 13.3. The van der Waals surface area contributed by atoms with Crippen LogP contribution in [0.4, 0.5) is 4.79 Å². The van der Waals surface area contributed by atoms with Crippen molar-refractivity contribution in [2.24, 2.45) is 5.92 Å². The molecule has 152 valence electrons. The minimum atomic E-state index is -0.740. The maximum absolute atomic E-state index is 11.9. The highest BCUT2D eigenvalue weighted by Crippen LogP contribution is 2.63. The molecule has 1 aromatic carbocycles. The summed E-state index contributed by atoms with van der Waals surface area (Å²) in [5.74, 6) is -0.707. The number of carbonyl (C=O) groups excluding carboxylic acids is 2. The van der Waals surface area contributed by atoms with Gasteiger partial charge in [0.05, 0.1) is 17.8 Å². The van der Waals surface area contributed by atoms with Gasteiger partial charge in [-0.05, 0) is 38.7 Å². The van der Waals surface area contributed by atoms with Crippen LogP contribution in [0, 0.1) is 5.92 Å². The Hall–Kier alpha value is -1.63. The number of imide groups is 1. The number of halogens is 1. The smallest absolute Gasteiger partial charge is 0.414 e.